The molecule has 1 heterocycles. The van der Waals surface area contributed by atoms with Crippen LogP contribution in [-0.4, -0.2) is 46.1 Å². The highest BCUT2D eigenvalue weighted by molar-refractivity contribution is 7.99. The number of hydrogen-bond acceptors (Lipinski definition) is 7. The predicted octanol–water partition coefficient (Wildman–Crippen LogP) is 1.66. The number of aromatic nitrogens is 3. The van der Waals surface area contributed by atoms with E-state index in [2.05, 4.69) is 15.5 Å². The Bertz CT molecular complexity index is 747. The molecule has 0 unspecified atom stereocenters. The molecule has 1 N–H and O–H groups in total. The van der Waals surface area contributed by atoms with Crippen molar-refractivity contribution in [2.24, 2.45) is 7.05 Å². The van der Waals surface area contributed by atoms with E-state index in [-0.39, 0.29) is 24.1 Å². The SMILES string of the molecule is CCOC(=O)Cc1nnc(SCC(=O)Nc2ccccc2OC)n1C. The number of carbonyl (C=O) groups is 2. The number of hydrogen-bond donors (Lipinski definition) is 1. The third kappa shape index (κ3) is 5.21. The second-order valence-electron chi connectivity index (χ2n) is 4.98. The van der Waals surface area contributed by atoms with Gasteiger partial charge >= 0.3 is 5.97 Å². The fourth-order valence-corrected chi connectivity index (χ4v) is 2.76. The number of nitrogens with one attached hydrogen (secondary N) is 1. The van der Waals surface area contributed by atoms with Crippen LogP contribution in [-0.2, 0) is 27.8 Å². The van der Waals surface area contributed by atoms with Gasteiger partial charge in [-0.25, -0.2) is 0 Å². The van der Waals surface area contributed by atoms with Crippen molar-refractivity contribution in [2.75, 3.05) is 24.8 Å². The summed E-state index contributed by atoms with van der Waals surface area (Å²) < 4.78 is 11.8. The number of ether oxygens (including phenoxy) is 2. The summed E-state index contributed by atoms with van der Waals surface area (Å²) in [5, 5.41) is 11.3. The van der Waals surface area contributed by atoms with E-state index in [9.17, 15) is 9.59 Å². The Morgan fingerprint density at radius 2 is 2.04 bits per heavy atom. The van der Waals surface area contributed by atoms with Crippen LogP contribution in [0, 0.1) is 0 Å². The first-order valence-corrected chi connectivity index (χ1v) is 8.63. The smallest absolute Gasteiger partial charge is 0.313 e. The second-order valence-corrected chi connectivity index (χ2v) is 5.92. The van der Waals surface area contributed by atoms with Crippen LogP contribution in [0.5, 0.6) is 5.75 Å². The Morgan fingerprint density at radius 1 is 1.28 bits per heavy atom. The molecule has 0 aliphatic carbocycles. The number of nitrogens with zero attached hydrogens (tertiary/aromatic N) is 3. The van der Waals surface area contributed by atoms with Crippen LogP contribution in [0.15, 0.2) is 29.4 Å². The van der Waals surface area contributed by atoms with Gasteiger partial charge in [0.1, 0.15) is 18.0 Å². The van der Waals surface area contributed by atoms with Gasteiger partial charge in [0, 0.05) is 7.05 Å². The van der Waals surface area contributed by atoms with Gasteiger partial charge in [0.05, 0.1) is 25.2 Å². The standard InChI is InChI=1S/C16H20N4O4S/c1-4-24-15(22)9-13-18-19-16(20(13)2)25-10-14(21)17-11-7-5-6-8-12(11)23-3/h5-8H,4,9-10H2,1-3H3,(H,17,21). The lowest BCUT2D eigenvalue weighted by molar-refractivity contribution is -0.142. The zero-order valence-corrected chi connectivity index (χ0v) is 15.1. The molecule has 0 saturated heterocycles. The molecule has 1 aromatic heterocycles. The maximum atomic E-state index is 12.1. The second kappa shape index (κ2) is 9.07. The molecule has 0 aliphatic heterocycles. The highest BCUT2D eigenvalue weighted by Gasteiger charge is 2.15. The molecule has 0 atom stereocenters. The number of anilines is 1. The number of benzene rings is 1. The van der Waals surface area contributed by atoms with Crippen LogP contribution < -0.4 is 10.1 Å². The van der Waals surface area contributed by atoms with Crippen LogP contribution in [0.4, 0.5) is 5.69 Å². The van der Waals surface area contributed by atoms with E-state index in [0.717, 1.165) is 0 Å². The lowest BCUT2D eigenvalue weighted by Crippen LogP contribution is -2.15. The normalized spacial score (nSPS) is 10.4. The van der Waals surface area contributed by atoms with Gasteiger partial charge in [-0.2, -0.15) is 0 Å². The van der Waals surface area contributed by atoms with E-state index < -0.39 is 0 Å². The monoisotopic (exact) mass is 364 g/mol. The number of para-hydroxylation sites is 2. The summed E-state index contributed by atoms with van der Waals surface area (Å²) in [4.78, 5) is 23.6. The van der Waals surface area contributed by atoms with Crippen LogP contribution in [0.25, 0.3) is 0 Å². The third-order valence-electron chi connectivity index (χ3n) is 3.25. The van der Waals surface area contributed by atoms with Crippen molar-refractivity contribution >= 4 is 29.3 Å². The third-order valence-corrected chi connectivity index (χ3v) is 4.27. The number of thioether (sulfide) groups is 1. The minimum absolute atomic E-state index is 0.0469. The van der Waals surface area contributed by atoms with Crippen molar-refractivity contribution in [1.82, 2.24) is 14.8 Å². The first kappa shape index (κ1) is 18.8. The van der Waals surface area contributed by atoms with Crippen molar-refractivity contribution in [3.63, 3.8) is 0 Å². The molecule has 134 valence electrons. The number of amides is 1. The van der Waals surface area contributed by atoms with Crippen LogP contribution in [0.1, 0.15) is 12.7 Å². The molecule has 0 aliphatic rings. The molecule has 0 fully saturated rings. The van der Waals surface area contributed by atoms with Crippen LogP contribution in [0.2, 0.25) is 0 Å². The molecule has 0 spiro atoms. The van der Waals surface area contributed by atoms with E-state index >= 15 is 0 Å². The van der Waals surface area contributed by atoms with Gasteiger partial charge in [0.15, 0.2) is 5.16 Å². The maximum absolute atomic E-state index is 12.1. The summed E-state index contributed by atoms with van der Waals surface area (Å²) >= 11 is 1.23. The van der Waals surface area contributed by atoms with Gasteiger partial charge in [-0.3, -0.25) is 9.59 Å². The highest BCUT2D eigenvalue weighted by Crippen LogP contribution is 2.24. The minimum Gasteiger partial charge on any atom is -0.495 e. The fourth-order valence-electron chi connectivity index (χ4n) is 2.03. The molecule has 0 saturated carbocycles. The van der Waals surface area contributed by atoms with Crippen molar-refractivity contribution in [2.45, 2.75) is 18.5 Å². The topological polar surface area (TPSA) is 95.3 Å². The molecule has 9 heteroatoms. The Hall–Kier alpha value is -2.55. The molecule has 0 bridgehead atoms. The Balaban J connectivity index is 1.92. The first-order chi connectivity index (χ1) is 12.0. The number of rotatable bonds is 8. The van der Waals surface area contributed by atoms with Crippen LogP contribution in [0.3, 0.4) is 0 Å². The molecule has 1 aromatic carbocycles. The molecule has 25 heavy (non-hydrogen) atoms. The van der Waals surface area contributed by atoms with E-state index in [1.54, 1.807) is 37.8 Å². The van der Waals surface area contributed by atoms with E-state index in [1.165, 1.54) is 11.8 Å². The molecular weight excluding hydrogens is 344 g/mol. The van der Waals surface area contributed by atoms with Crippen molar-refractivity contribution in [1.29, 1.82) is 0 Å². The van der Waals surface area contributed by atoms with Crippen molar-refractivity contribution in [3.05, 3.63) is 30.1 Å². The largest absolute Gasteiger partial charge is 0.495 e. The average Bonchev–Trinajstić information content (AvgIpc) is 2.94. The predicted molar refractivity (Wildman–Crippen MR) is 93.7 cm³/mol. The summed E-state index contributed by atoms with van der Waals surface area (Å²) in [6, 6.07) is 7.18. The van der Waals surface area contributed by atoms with Gasteiger partial charge in [-0.1, -0.05) is 23.9 Å². The quantitative estimate of drug-likeness (QED) is 0.562. The molecule has 0 radical (unpaired) electrons. The molecule has 2 rings (SSSR count). The van der Waals surface area contributed by atoms with E-state index in [0.29, 0.717) is 29.0 Å². The summed E-state index contributed by atoms with van der Waals surface area (Å²) in [5.41, 5.74) is 0.608. The first-order valence-electron chi connectivity index (χ1n) is 7.64. The number of carbonyl (C=O) groups excluding carboxylic acids is 2. The van der Waals surface area contributed by atoms with Gasteiger partial charge in [-0.15, -0.1) is 10.2 Å². The number of esters is 1. The summed E-state index contributed by atoms with van der Waals surface area (Å²) in [5.74, 6) is 0.693. The molecule has 8 nitrogen and oxygen atoms in total. The van der Waals surface area contributed by atoms with Gasteiger partial charge in [-0.05, 0) is 19.1 Å². The zero-order chi connectivity index (χ0) is 18.2. The molecular formula is C16H20N4O4S. The van der Waals surface area contributed by atoms with Crippen LogP contribution >= 0.6 is 11.8 Å². The Labute approximate surface area is 149 Å². The van der Waals surface area contributed by atoms with Crippen molar-refractivity contribution in [3.8, 4) is 5.75 Å². The fraction of sp³-hybridized carbons (Fsp3) is 0.375. The summed E-state index contributed by atoms with van der Waals surface area (Å²) in [7, 11) is 3.29. The Kier molecular flexibility index (Phi) is 6.81. The Morgan fingerprint density at radius 3 is 2.76 bits per heavy atom. The highest BCUT2D eigenvalue weighted by atomic mass is 32.2. The number of methoxy groups -OCH3 is 1. The minimum atomic E-state index is -0.358. The lowest BCUT2D eigenvalue weighted by atomic mass is 10.3. The lowest BCUT2D eigenvalue weighted by Gasteiger charge is -2.09. The summed E-state index contributed by atoms with van der Waals surface area (Å²) in [6.45, 7) is 2.07. The summed E-state index contributed by atoms with van der Waals surface area (Å²) in [6.07, 6.45) is 0.0469. The maximum Gasteiger partial charge on any atom is 0.313 e. The van der Waals surface area contributed by atoms with Crippen molar-refractivity contribution < 1.29 is 19.1 Å². The van der Waals surface area contributed by atoms with Gasteiger partial charge in [0.25, 0.3) is 0 Å². The van der Waals surface area contributed by atoms with E-state index in [4.69, 9.17) is 9.47 Å². The van der Waals surface area contributed by atoms with Gasteiger partial charge < -0.3 is 19.4 Å². The molecule has 1 amide bonds. The average molecular weight is 364 g/mol. The van der Waals surface area contributed by atoms with E-state index in [1.807, 2.05) is 12.1 Å². The van der Waals surface area contributed by atoms with Gasteiger partial charge in [0.2, 0.25) is 5.91 Å². The zero-order valence-electron chi connectivity index (χ0n) is 14.3. The molecule has 2 aromatic rings.